The van der Waals surface area contributed by atoms with Gasteiger partial charge in [-0.05, 0) is 42.0 Å². The number of nitrogens with zero attached hydrogens (tertiary/aromatic N) is 1. The number of imidazole rings is 1. The number of ether oxygens (including phenoxy) is 1. The van der Waals surface area contributed by atoms with Crippen LogP contribution in [-0.2, 0) is 6.61 Å². The molecule has 0 unspecified atom stereocenters. The molecule has 0 spiro atoms. The molecule has 0 bridgehead atoms. The number of H-pyrrole nitrogens is 1. The average Bonchev–Trinajstić information content (AvgIpc) is 3.05. The highest BCUT2D eigenvalue weighted by Gasteiger charge is 2.12. The summed E-state index contributed by atoms with van der Waals surface area (Å²) in [4.78, 5) is 7.81. The quantitative estimate of drug-likeness (QED) is 0.519. The molecule has 0 aliphatic rings. The first-order chi connectivity index (χ1) is 12.2. The van der Waals surface area contributed by atoms with Crippen LogP contribution in [0.1, 0.15) is 5.56 Å². The van der Waals surface area contributed by atoms with Crippen LogP contribution in [0.4, 0.5) is 4.39 Å². The molecule has 4 rings (SSSR count). The van der Waals surface area contributed by atoms with Crippen LogP contribution in [0.15, 0.2) is 66.7 Å². The number of rotatable bonds is 4. The van der Waals surface area contributed by atoms with E-state index in [9.17, 15) is 4.39 Å². The van der Waals surface area contributed by atoms with E-state index in [0.29, 0.717) is 28.8 Å². The van der Waals surface area contributed by atoms with Gasteiger partial charge >= 0.3 is 0 Å². The second-order valence-electron chi connectivity index (χ2n) is 5.66. The smallest absolute Gasteiger partial charge is 0.142 e. The molecule has 3 nitrogen and oxygen atoms in total. The van der Waals surface area contributed by atoms with E-state index in [1.807, 2.05) is 36.4 Å². The van der Waals surface area contributed by atoms with E-state index in [4.69, 9.17) is 16.3 Å². The number of hydrogen-bond acceptors (Lipinski definition) is 2. The number of aromatic amines is 1. The SMILES string of the molecule is Fc1ccc(-c2nc3ccccc3[nH]2)c(OCc2ccc(Cl)cc2)c1. The molecule has 0 fully saturated rings. The van der Waals surface area contributed by atoms with Gasteiger partial charge in [-0.1, -0.05) is 35.9 Å². The molecule has 1 N–H and O–H groups in total. The van der Waals surface area contributed by atoms with Crippen LogP contribution in [0.3, 0.4) is 0 Å². The zero-order valence-corrected chi connectivity index (χ0v) is 13.9. The molecule has 1 heterocycles. The monoisotopic (exact) mass is 352 g/mol. The Morgan fingerprint density at radius 1 is 1.00 bits per heavy atom. The summed E-state index contributed by atoms with van der Waals surface area (Å²) in [5.74, 6) is 0.729. The molecule has 0 saturated heterocycles. The van der Waals surface area contributed by atoms with E-state index >= 15 is 0 Å². The number of fused-ring (bicyclic) bond motifs is 1. The van der Waals surface area contributed by atoms with Crippen LogP contribution in [0, 0.1) is 5.82 Å². The molecule has 0 saturated carbocycles. The molecule has 0 aliphatic carbocycles. The first kappa shape index (κ1) is 15.7. The third-order valence-corrected chi connectivity index (χ3v) is 4.15. The minimum Gasteiger partial charge on any atom is -0.488 e. The molecule has 0 atom stereocenters. The van der Waals surface area contributed by atoms with Crippen LogP contribution < -0.4 is 4.74 Å². The van der Waals surface area contributed by atoms with Crippen LogP contribution in [-0.4, -0.2) is 9.97 Å². The predicted molar refractivity (Wildman–Crippen MR) is 97.3 cm³/mol. The zero-order chi connectivity index (χ0) is 17.2. The average molecular weight is 353 g/mol. The summed E-state index contributed by atoms with van der Waals surface area (Å²) >= 11 is 5.89. The van der Waals surface area contributed by atoms with E-state index in [2.05, 4.69) is 9.97 Å². The third-order valence-electron chi connectivity index (χ3n) is 3.90. The van der Waals surface area contributed by atoms with E-state index in [1.54, 1.807) is 18.2 Å². The Morgan fingerprint density at radius 2 is 1.80 bits per heavy atom. The van der Waals surface area contributed by atoms with Crippen LogP contribution in [0.25, 0.3) is 22.4 Å². The molecule has 0 radical (unpaired) electrons. The fourth-order valence-electron chi connectivity index (χ4n) is 2.63. The fourth-order valence-corrected chi connectivity index (χ4v) is 2.76. The Labute approximate surface area is 149 Å². The van der Waals surface area contributed by atoms with Crippen molar-refractivity contribution < 1.29 is 9.13 Å². The third kappa shape index (κ3) is 3.35. The normalized spacial score (nSPS) is 11.0. The molecule has 5 heteroatoms. The summed E-state index contributed by atoms with van der Waals surface area (Å²) in [6.07, 6.45) is 0. The maximum atomic E-state index is 13.7. The Kier molecular flexibility index (Phi) is 4.12. The Morgan fingerprint density at radius 3 is 2.60 bits per heavy atom. The highest BCUT2D eigenvalue weighted by molar-refractivity contribution is 6.30. The van der Waals surface area contributed by atoms with Crippen molar-refractivity contribution in [3.8, 4) is 17.1 Å². The molecular weight excluding hydrogens is 339 g/mol. The van der Waals surface area contributed by atoms with Gasteiger partial charge in [0.25, 0.3) is 0 Å². The maximum absolute atomic E-state index is 13.7. The van der Waals surface area contributed by atoms with Gasteiger partial charge in [0.05, 0.1) is 16.6 Å². The van der Waals surface area contributed by atoms with Crippen LogP contribution in [0.2, 0.25) is 5.02 Å². The van der Waals surface area contributed by atoms with E-state index in [-0.39, 0.29) is 5.82 Å². The Hall–Kier alpha value is -2.85. The number of aromatic nitrogens is 2. The summed E-state index contributed by atoms with van der Waals surface area (Å²) < 4.78 is 19.6. The van der Waals surface area contributed by atoms with Gasteiger partial charge in [0.1, 0.15) is 24.0 Å². The second-order valence-corrected chi connectivity index (χ2v) is 6.09. The minimum atomic E-state index is -0.356. The lowest BCUT2D eigenvalue weighted by Gasteiger charge is -2.10. The van der Waals surface area contributed by atoms with Gasteiger partial charge in [-0.25, -0.2) is 9.37 Å². The van der Waals surface area contributed by atoms with Crippen molar-refractivity contribution in [2.45, 2.75) is 6.61 Å². The molecule has 4 aromatic rings. The summed E-state index contributed by atoms with van der Waals surface area (Å²) in [7, 11) is 0. The van der Waals surface area contributed by atoms with Crippen molar-refractivity contribution in [2.24, 2.45) is 0 Å². The van der Waals surface area contributed by atoms with Crippen molar-refractivity contribution in [3.05, 3.63) is 83.1 Å². The molecule has 0 amide bonds. The topological polar surface area (TPSA) is 37.9 Å². The number of nitrogens with one attached hydrogen (secondary N) is 1. The van der Waals surface area contributed by atoms with Gasteiger partial charge in [-0.3, -0.25) is 0 Å². The number of para-hydroxylation sites is 2. The lowest BCUT2D eigenvalue weighted by Crippen LogP contribution is -1.98. The molecular formula is C20H14ClFN2O. The zero-order valence-electron chi connectivity index (χ0n) is 13.2. The molecule has 3 aromatic carbocycles. The van der Waals surface area contributed by atoms with Gasteiger partial charge < -0.3 is 9.72 Å². The first-order valence-corrected chi connectivity index (χ1v) is 8.19. The number of benzene rings is 3. The van der Waals surface area contributed by atoms with Crippen molar-refractivity contribution in [1.29, 1.82) is 0 Å². The van der Waals surface area contributed by atoms with Crippen molar-refractivity contribution >= 4 is 22.6 Å². The van der Waals surface area contributed by atoms with Crippen molar-refractivity contribution in [2.75, 3.05) is 0 Å². The van der Waals surface area contributed by atoms with Crippen molar-refractivity contribution in [1.82, 2.24) is 9.97 Å². The van der Waals surface area contributed by atoms with Crippen molar-refractivity contribution in [3.63, 3.8) is 0 Å². The first-order valence-electron chi connectivity index (χ1n) is 7.81. The Balaban J connectivity index is 1.67. The highest BCUT2D eigenvalue weighted by atomic mass is 35.5. The van der Waals surface area contributed by atoms with E-state index < -0.39 is 0 Å². The van der Waals surface area contributed by atoms with Crippen LogP contribution in [0.5, 0.6) is 5.75 Å². The lowest BCUT2D eigenvalue weighted by molar-refractivity contribution is 0.306. The van der Waals surface area contributed by atoms with E-state index in [1.165, 1.54) is 12.1 Å². The summed E-state index contributed by atoms with van der Waals surface area (Å²) in [5.41, 5.74) is 3.44. The Bertz CT molecular complexity index is 994. The van der Waals surface area contributed by atoms with Crippen LogP contribution >= 0.6 is 11.6 Å². The van der Waals surface area contributed by atoms with Gasteiger partial charge in [0, 0.05) is 11.1 Å². The lowest BCUT2D eigenvalue weighted by atomic mass is 10.2. The standard InChI is InChI=1S/C20H14ClFN2O/c21-14-7-5-13(6-8-14)12-25-19-11-15(22)9-10-16(19)20-23-17-3-1-2-4-18(17)24-20/h1-11H,12H2,(H,23,24). The van der Waals surface area contributed by atoms with Gasteiger partial charge in [-0.2, -0.15) is 0 Å². The fraction of sp³-hybridized carbons (Fsp3) is 0.0500. The molecule has 1 aromatic heterocycles. The summed E-state index contributed by atoms with van der Waals surface area (Å²) in [6, 6.07) is 19.5. The van der Waals surface area contributed by atoms with E-state index in [0.717, 1.165) is 16.6 Å². The molecule has 25 heavy (non-hydrogen) atoms. The largest absolute Gasteiger partial charge is 0.488 e. The number of halogens is 2. The summed E-state index contributed by atoms with van der Waals surface area (Å²) in [6.45, 7) is 0.313. The van der Waals surface area contributed by atoms with Gasteiger partial charge in [0.15, 0.2) is 0 Å². The highest BCUT2D eigenvalue weighted by Crippen LogP contribution is 2.31. The number of hydrogen-bond donors (Lipinski definition) is 1. The maximum Gasteiger partial charge on any atom is 0.142 e. The minimum absolute atomic E-state index is 0.313. The van der Waals surface area contributed by atoms with Gasteiger partial charge in [-0.15, -0.1) is 0 Å². The molecule has 124 valence electrons. The molecule has 0 aliphatic heterocycles. The second kappa shape index (κ2) is 6.57. The summed E-state index contributed by atoms with van der Waals surface area (Å²) in [5, 5.41) is 0.664. The predicted octanol–water partition coefficient (Wildman–Crippen LogP) is 5.60. The van der Waals surface area contributed by atoms with Gasteiger partial charge in [0.2, 0.25) is 0 Å².